The normalized spacial score (nSPS) is 11.4. The summed E-state index contributed by atoms with van der Waals surface area (Å²) in [6.45, 7) is 11.2. The Balaban J connectivity index is 4.13. The second kappa shape index (κ2) is 9.26. The molecule has 19 heavy (non-hydrogen) atoms. The van der Waals surface area contributed by atoms with Gasteiger partial charge in [-0.05, 0) is 19.8 Å². The minimum atomic E-state index is 0.158. The first-order valence-electron chi connectivity index (χ1n) is 7.00. The quantitative estimate of drug-likeness (QED) is 0.658. The van der Waals surface area contributed by atoms with E-state index in [2.05, 4.69) is 32.6 Å². The van der Waals surface area contributed by atoms with Gasteiger partial charge >= 0.3 is 0 Å². The van der Waals surface area contributed by atoms with Crippen LogP contribution in [0.2, 0.25) is 0 Å². The second-order valence-electron chi connectivity index (χ2n) is 5.76. The standard InChI is InChI=1S/C14H29N3OS/c1-11(2)10-17(12(3)4)9-7-14(18)16(5)8-6-13(15)19/h11-12H,6-10H2,1-5H3,(H2,15,19). The Morgan fingerprint density at radius 3 is 2.16 bits per heavy atom. The summed E-state index contributed by atoms with van der Waals surface area (Å²) in [6.07, 6.45) is 1.15. The molecule has 4 nitrogen and oxygen atoms in total. The maximum absolute atomic E-state index is 12.0. The zero-order valence-electron chi connectivity index (χ0n) is 13.0. The molecule has 0 spiro atoms. The molecule has 0 radical (unpaired) electrons. The van der Waals surface area contributed by atoms with Crippen molar-refractivity contribution >= 4 is 23.1 Å². The SMILES string of the molecule is CC(C)CN(CCC(=O)N(C)CCC(N)=S)C(C)C. The van der Waals surface area contributed by atoms with E-state index in [1.807, 2.05) is 7.05 Å². The van der Waals surface area contributed by atoms with Crippen molar-refractivity contribution in [1.82, 2.24) is 9.80 Å². The highest BCUT2D eigenvalue weighted by Gasteiger charge is 2.15. The minimum absolute atomic E-state index is 0.158. The summed E-state index contributed by atoms with van der Waals surface area (Å²) in [5.41, 5.74) is 5.44. The predicted molar refractivity (Wildman–Crippen MR) is 85.2 cm³/mol. The largest absolute Gasteiger partial charge is 0.393 e. The van der Waals surface area contributed by atoms with Gasteiger partial charge in [0.1, 0.15) is 0 Å². The summed E-state index contributed by atoms with van der Waals surface area (Å²) in [6, 6.07) is 0.470. The molecular formula is C14H29N3OS. The zero-order valence-corrected chi connectivity index (χ0v) is 13.8. The number of nitrogens with two attached hydrogens (primary N) is 1. The molecule has 0 heterocycles. The van der Waals surface area contributed by atoms with Crippen LogP contribution in [-0.4, -0.2) is 53.4 Å². The summed E-state index contributed by atoms with van der Waals surface area (Å²) >= 11 is 4.82. The number of hydrogen-bond acceptors (Lipinski definition) is 3. The molecule has 0 aliphatic rings. The topological polar surface area (TPSA) is 49.6 Å². The molecule has 0 saturated carbocycles. The van der Waals surface area contributed by atoms with Gasteiger partial charge in [0, 0.05) is 45.6 Å². The lowest BCUT2D eigenvalue weighted by molar-refractivity contribution is -0.130. The van der Waals surface area contributed by atoms with E-state index >= 15 is 0 Å². The fourth-order valence-corrected chi connectivity index (χ4v) is 1.95. The van der Waals surface area contributed by atoms with E-state index in [-0.39, 0.29) is 5.91 Å². The van der Waals surface area contributed by atoms with Crippen LogP contribution in [0.4, 0.5) is 0 Å². The molecule has 0 aromatic carbocycles. The van der Waals surface area contributed by atoms with E-state index in [1.165, 1.54) is 0 Å². The highest BCUT2D eigenvalue weighted by Crippen LogP contribution is 2.06. The molecule has 0 bridgehead atoms. The predicted octanol–water partition coefficient (Wildman–Crippen LogP) is 1.88. The van der Waals surface area contributed by atoms with Gasteiger partial charge < -0.3 is 15.5 Å². The summed E-state index contributed by atoms with van der Waals surface area (Å²) in [7, 11) is 1.81. The molecule has 0 unspecified atom stereocenters. The van der Waals surface area contributed by atoms with Crippen LogP contribution in [0.15, 0.2) is 0 Å². The third-order valence-electron chi connectivity index (χ3n) is 3.06. The molecule has 1 amide bonds. The Kier molecular flexibility index (Phi) is 8.93. The van der Waals surface area contributed by atoms with Gasteiger partial charge in [0.15, 0.2) is 0 Å². The Hall–Kier alpha value is -0.680. The number of nitrogens with zero attached hydrogens (tertiary/aromatic N) is 2. The van der Waals surface area contributed by atoms with Crippen LogP contribution in [0, 0.1) is 5.92 Å². The van der Waals surface area contributed by atoms with Crippen molar-refractivity contribution < 1.29 is 4.79 Å². The van der Waals surface area contributed by atoms with Crippen LogP contribution in [-0.2, 0) is 4.79 Å². The van der Waals surface area contributed by atoms with Crippen molar-refractivity contribution in [2.24, 2.45) is 11.7 Å². The van der Waals surface area contributed by atoms with Gasteiger partial charge in [0.25, 0.3) is 0 Å². The highest BCUT2D eigenvalue weighted by atomic mass is 32.1. The number of thiocarbonyl (C=S) groups is 1. The minimum Gasteiger partial charge on any atom is -0.393 e. The molecule has 5 heteroatoms. The Morgan fingerprint density at radius 1 is 1.16 bits per heavy atom. The van der Waals surface area contributed by atoms with E-state index in [1.54, 1.807) is 4.90 Å². The number of carbonyl (C=O) groups excluding carboxylic acids is 1. The summed E-state index contributed by atoms with van der Waals surface area (Å²) in [5, 5.41) is 0. The third kappa shape index (κ3) is 8.94. The van der Waals surface area contributed by atoms with Crippen LogP contribution >= 0.6 is 12.2 Å². The van der Waals surface area contributed by atoms with Crippen molar-refractivity contribution in [3.63, 3.8) is 0 Å². The molecule has 0 rings (SSSR count). The highest BCUT2D eigenvalue weighted by molar-refractivity contribution is 7.80. The molecule has 0 aliphatic carbocycles. The van der Waals surface area contributed by atoms with E-state index in [0.29, 0.717) is 36.3 Å². The van der Waals surface area contributed by atoms with Gasteiger partial charge in [-0.15, -0.1) is 0 Å². The molecule has 0 fully saturated rings. The van der Waals surface area contributed by atoms with Crippen LogP contribution in [0.3, 0.4) is 0 Å². The monoisotopic (exact) mass is 287 g/mol. The van der Waals surface area contributed by atoms with E-state index < -0.39 is 0 Å². The molecule has 2 N–H and O–H groups in total. The van der Waals surface area contributed by atoms with Crippen molar-refractivity contribution in [3.8, 4) is 0 Å². The smallest absolute Gasteiger partial charge is 0.223 e. The van der Waals surface area contributed by atoms with Gasteiger partial charge in [-0.1, -0.05) is 26.1 Å². The molecule has 0 aliphatic heterocycles. The van der Waals surface area contributed by atoms with Gasteiger partial charge in [-0.25, -0.2) is 0 Å². The Morgan fingerprint density at radius 2 is 1.74 bits per heavy atom. The number of rotatable bonds is 9. The first kappa shape index (κ1) is 18.3. The number of carbonyl (C=O) groups is 1. The van der Waals surface area contributed by atoms with Crippen molar-refractivity contribution in [1.29, 1.82) is 0 Å². The summed E-state index contributed by atoms with van der Waals surface area (Å²) in [4.78, 5) is 16.5. The fourth-order valence-electron chi connectivity index (χ4n) is 1.86. The Labute approximate surface area is 123 Å². The van der Waals surface area contributed by atoms with Crippen LogP contribution in [0.25, 0.3) is 0 Å². The lowest BCUT2D eigenvalue weighted by atomic mass is 10.1. The number of hydrogen-bond donors (Lipinski definition) is 1. The van der Waals surface area contributed by atoms with E-state index in [0.717, 1.165) is 13.1 Å². The molecule has 112 valence electrons. The second-order valence-corrected chi connectivity index (χ2v) is 6.29. The number of amides is 1. The lowest BCUT2D eigenvalue weighted by Crippen LogP contribution is -2.38. The fraction of sp³-hybridized carbons (Fsp3) is 0.857. The van der Waals surface area contributed by atoms with Gasteiger partial charge in [-0.2, -0.15) is 0 Å². The Bertz CT molecular complexity index is 292. The van der Waals surface area contributed by atoms with Crippen molar-refractivity contribution in [2.75, 3.05) is 26.7 Å². The van der Waals surface area contributed by atoms with Crippen LogP contribution in [0.5, 0.6) is 0 Å². The van der Waals surface area contributed by atoms with Gasteiger partial charge in [-0.3, -0.25) is 4.79 Å². The van der Waals surface area contributed by atoms with E-state index in [4.69, 9.17) is 18.0 Å². The lowest BCUT2D eigenvalue weighted by Gasteiger charge is -2.28. The molecule has 0 saturated heterocycles. The maximum Gasteiger partial charge on any atom is 0.223 e. The van der Waals surface area contributed by atoms with Gasteiger partial charge in [0.05, 0.1) is 4.99 Å². The molecule has 0 atom stereocenters. The van der Waals surface area contributed by atoms with E-state index in [9.17, 15) is 4.79 Å². The average molecular weight is 287 g/mol. The van der Waals surface area contributed by atoms with Crippen LogP contribution in [0.1, 0.15) is 40.5 Å². The van der Waals surface area contributed by atoms with Crippen molar-refractivity contribution in [3.05, 3.63) is 0 Å². The third-order valence-corrected chi connectivity index (χ3v) is 3.27. The summed E-state index contributed by atoms with van der Waals surface area (Å²) in [5.74, 6) is 0.774. The zero-order chi connectivity index (χ0) is 15.0. The van der Waals surface area contributed by atoms with Crippen LogP contribution < -0.4 is 5.73 Å². The summed E-state index contributed by atoms with van der Waals surface area (Å²) < 4.78 is 0. The first-order valence-corrected chi connectivity index (χ1v) is 7.41. The molecule has 0 aromatic heterocycles. The van der Waals surface area contributed by atoms with Crippen molar-refractivity contribution in [2.45, 2.75) is 46.6 Å². The average Bonchev–Trinajstić information content (AvgIpc) is 2.29. The maximum atomic E-state index is 12.0. The first-order chi connectivity index (χ1) is 8.73. The molecule has 0 aromatic rings. The van der Waals surface area contributed by atoms with Gasteiger partial charge in [0.2, 0.25) is 5.91 Å². The molecular weight excluding hydrogens is 258 g/mol.